The summed E-state index contributed by atoms with van der Waals surface area (Å²) in [5, 5.41) is 3.45. The van der Waals surface area contributed by atoms with E-state index in [9.17, 15) is 9.59 Å². The first-order valence-corrected chi connectivity index (χ1v) is 10.9. The van der Waals surface area contributed by atoms with Crippen molar-refractivity contribution in [3.05, 3.63) is 0 Å². The third-order valence-electron chi connectivity index (χ3n) is 6.81. The van der Waals surface area contributed by atoms with Gasteiger partial charge in [0.05, 0.1) is 0 Å². The summed E-state index contributed by atoms with van der Waals surface area (Å²) in [5.74, 6) is 2.27. The number of piperidine rings is 1. The standard InChI is InChI=1S/C21H37N3O2.ClH/c1-17(19-8-5-9-22-16-19)14-20(25)23-10-12-24(13-11-23)21(26)15-18-6-3-2-4-7-18;/h17-19,22H,2-16H2,1H3;1H. The molecular weight excluding hydrogens is 362 g/mol. The van der Waals surface area contributed by atoms with Gasteiger partial charge in [-0.2, -0.15) is 0 Å². The van der Waals surface area contributed by atoms with Crippen LogP contribution in [0.4, 0.5) is 0 Å². The van der Waals surface area contributed by atoms with Gasteiger partial charge in [0, 0.05) is 39.0 Å². The number of halogens is 1. The molecule has 27 heavy (non-hydrogen) atoms. The molecule has 1 N–H and O–H groups in total. The number of piperazine rings is 1. The van der Waals surface area contributed by atoms with Gasteiger partial charge in [-0.3, -0.25) is 9.59 Å². The van der Waals surface area contributed by atoms with Crippen molar-refractivity contribution in [2.24, 2.45) is 17.8 Å². The van der Waals surface area contributed by atoms with Gasteiger partial charge in [0.2, 0.25) is 11.8 Å². The summed E-state index contributed by atoms with van der Waals surface area (Å²) in [6.07, 6.45) is 10.2. The zero-order chi connectivity index (χ0) is 18.4. The Morgan fingerprint density at radius 2 is 1.56 bits per heavy atom. The van der Waals surface area contributed by atoms with Gasteiger partial charge in [-0.15, -0.1) is 12.4 Å². The Morgan fingerprint density at radius 1 is 0.926 bits per heavy atom. The van der Waals surface area contributed by atoms with E-state index in [0.717, 1.165) is 32.6 Å². The molecule has 3 rings (SSSR count). The van der Waals surface area contributed by atoms with Gasteiger partial charge in [-0.05, 0) is 56.5 Å². The van der Waals surface area contributed by atoms with Crippen LogP contribution in [0, 0.1) is 17.8 Å². The average Bonchev–Trinajstić information content (AvgIpc) is 2.69. The fourth-order valence-electron chi connectivity index (χ4n) is 4.91. The molecule has 1 aliphatic carbocycles. The van der Waals surface area contributed by atoms with Gasteiger partial charge >= 0.3 is 0 Å². The van der Waals surface area contributed by atoms with Crippen molar-refractivity contribution >= 4 is 24.2 Å². The van der Waals surface area contributed by atoms with Gasteiger partial charge < -0.3 is 15.1 Å². The van der Waals surface area contributed by atoms with Crippen molar-refractivity contribution in [2.75, 3.05) is 39.3 Å². The van der Waals surface area contributed by atoms with Crippen LogP contribution in [0.5, 0.6) is 0 Å². The second-order valence-corrected chi connectivity index (χ2v) is 8.76. The van der Waals surface area contributed by atoms with Crippen molar-refractivity contribution in [1.29, 1.82) is 0 Å². The van der Waals surface area contributed by atoms with E-state index in [1.165, 1.54) is 44.9 Å². The van der Waals surface area contributed by atoms with E-state index in [0.29, 0.717) is 43.2 Å². The normalized spacial score (nSPS) is 25.6. The van der Waals surface area contributed by atoms with Gasteiger partial charge in [0.1, 0.15) is 0 Å². The van der Waals surface area contributed by atoms with E-state index in [4.69, 9.17) is 0 Å². The smallest absolute Gasteiger partial charge is 0.222 e. The van der Waals surface area contributed by atoms with Crippen LogP contribution in [0.3, 0.4) is 0 Å². The molecule has 2 atom stereocenters. The Morgan fingerprint density at radius 3 is 2.15 bits per heavy atom. The molecule has 0 aromatic carbocycles. The maximum atomic E-state index is 12.6. The van der Waals surface area contributed by atoms with E-state index >= 15 is 0 Å². The third kappa shape index (κ3) is 6.63. The number of hydrogen-bond acceptors (Lipinski definition) is 3. The number of nitrogens with zero attached hydrogens (tertiary/aromatic N) is 2. The summed E-state index contributed by atoms with van der Waals surface area (Å²) >= 11 is 0. The fraction of sp³-hybridized carbons (Fsp3) is 0.905. The summed E-state index contributed by atoms with van der Waals surface area (Å²) in [4.78, 5) is 29.2. The highest BCUT2D eigenvalue weighted by atomic mass is 35.5. The second kappa shape index (κ2) is 11.3. The SMILES string of the molecule is CC(CC(=O)N1CCN(C(=O)CC2CCCCC2)CC1)C1CCCNC1.Cl. The van der Waals surface area contributed by atoms with Crippen molar-refractivity contribution in [1.82, 2.24) is 15.1 Å². The lowest BCUT2D eigenvalue weighted by atomic mass is 9.85. The summed E-state index contributed by atoms with van der Waals surface area (Å²) in [7, 11) is 0. The molecule has 5 nitrogen and oxygen atoms in total. The third-order valence-corrected chi connectivity index (χ3v) is 6.81. The van der Waals surface area contributed by atoms with Crippen molar-refractivity contribution in [3.8, 4) is 0 Å². The molecule has 156 valence electrons. The number of nitrogens with one attached hydrogen (secondary N) is 1. The number of hydrogen-bond donors (Lipinski definition) is 1. The molecule has 0 aromatic heterocycles. The van der Waals surface area contributed by atoms with E-state index in [1.54, 1.807) is 0 Å². The molecule has 0 spiro atoms. The van der Waals surface area contributed by atoms with Crippen LogP contribution in [-0.2, 0) is 9.59 Å². The molecule has 2 aliphatic heterocycles. The van der Waals surface area contributed by atoms with E-state index < -0.39 is 0 Å². The summed E-state index contributed by atoms with van der Waals surface area (Å²) in [6.45, 7) is 7.26. The van der Waals surface area contributed by atoms with Crippen LogP contribution >= 0.6 is 12.4 Å². The Labute approximate surface area is 171 Å². The van der Waals surface area contributed by atoms with Crippen molar-refractivity contribution in [2.45, 2.75) is 64.7 Å². The van der Waals surface area contributed by atoms with E-state index in [2.05, 4.69) is 12.2 Å². The summed E-state index contributed by atoms with van der Waals surface area (Å²) < 4.78 is 0. The lowest BCUT2D eigenvalue weighted by Crippen LogP contribution is -2.51. The Hall–Kier alpha value is -0.810. The van der Waals surface area contributed by atoms with Crippen LogP contribution < -0.4 is 5.32 Å². The zero-order valence-electron chi connectivity index (χ0n) is 17.0. The highest BCUT2D eigenvalue weighted by molar-refractivity contribution is 5.85. The number of amides is 2. The largest absolute Gasteiger partial charge is 0.339 e. The van der Waals surface area contributed by atoms with Gasteiger partial charge in [0.25, 0.3) is 0 Å². The molecule has 6 heteroatoms. The van der Waals surface area contributed by atoms with Crippen LogP contribution in [0.15, 0.2) is 0 Å². The number of rotatable bonds is 5. The lowest BCUT2D eigenvalue weighted by Gasteiger charge is -2.37. The maximum Gasteiger partial charge on any atom is 0.222 e. The van der Waals surface area contributed by atoms with Crippen molar-refractivity contribution < 1.29 is 9.59 Å². The second-order valence-electron chi connectivity index (χ2n) is 8.76. The fourth-order valence-corrected chi connectivity index (χ4v) is 4.91. The minimum atomic E-state index is 0. The molecule has 0 aromatic rings. The van der Waals surface area contributed by atoms with Crippen molar-refractivity contribution in [3.63, 3.8) is 0 Å². The Kier molecular flexibility index (Phi) is 9.37. The molecule has 0 radical (unpaired) electrons. The van der Waals surface area contributed by atoms with E-state index in [-0.39, 0.29) is 18.3 Å². The first kappa shape index (κ1) is 22.5. The van der Waals surface area contributed by atoms with Crippen LogP contribution in [0.25, 0.3) is 0 Å². The zero-order valence-corrected chi connectivity index (χ0v) is 17.8. The topological polar surface area (TPSA) is 52.7 Å². The Balaban J connectivity index is 0.00000261. The molecule has 2 unspecified atom stereocenters. The molecule has 0 bridgehead atoms. The number of carbonyl (C=O) groups excluding carboxylic acids is 2. The maximum absolute atomic E-state index is 12.6. The van der Waals surface area contributed by atoms with Gasteiger partial charge in [-0.25, -0.2) is 0 Å². The predicted molar refractivity (Wildman–Crippen MR) is 111 cm³/mol. The molecule has 3 aliphatic rings. The van der Waals surface area contributed by atoms with Crippen LogP contribution in [-0.4, -0.2) is 60.9 Å². The highest BCUT2D eigenvalue weighted by Gasteiger charge is 2.28. The predicted octanol–water partition coefficient (Wildman–Crippen LogP) is 3.08. The molecule has 2 heterocycles. The van der Waals surface area contributed by atoms with Crippen LogP contribution in [0.2, 0.25) is 0 Å². The lowest BCUT2D eigenvalue weighted by molar-refractivity contribution is -0.141. The summed E-state index contributed by atoms with van der Waals surface area (Å²) in [5.41, 5.74) is 0. The summed E-state index contributed by atoms with van der Waals surface area (Å²) in [6, 6.07) is 0. The highest BCUT2D eigenvalue weighted by Crippen LogP contribution is 2.27. The van der Waals surface area contributed by atoms with Gasteiger partial charge in [-0.1, -0.05) is 26.2 Å². The first-order chi connectivity index (χ1) is 12.6. The quantitative estimate of drug-likeness (QED) is 0.772. The minimum absolute atomic E-state index is 0. The molecular formula is C21H38ClN3O2. The average molecular weight is 400 g/mol. The minimum Gasteiger partial charge on any atom is -0.339 e. The number of carbonyl (C=O) groups is 2. The molecule has 1 saturated carbocycles. The van der Waals surface area contributed by atoms with Crippen LogP contribution in [0.1, 0.15) is 64.7 Å². The first-order valence-electron chi connectivity index (χ1n) is 10.9. The molecule has 2 saturated heterocycles. The van der Waals surface area contributed by atoms with Gasteiger partial charge in [0.15, 0.2) is 0 Å². The van der Waals surface area contributed by atoms with E-state index in [1.807, 2.05) is 9.80 Å². The molecule has 2 amide bonds. The Bertz CT molecular complexity index is 468. The molecule has 3 fully saturated rings. The monoisotopic (exact) mass is 399 g/mol.